The van der Waals surface area contributed by atoms with Gasteiger partial charge in [0, 0.05) is 11.5 Å². The maximum Gasteiger partial charge on any atom is 0.152 e. The van der Waals surface area contributed by atoms with Gasteiger partial charge >= 0.3 is 0 Å². The molecule has 2 rings (SSSR count). The highest BCUT2D eigenvalue weighted by atomic mass is 79.9. The average molecular weight is 327 g/mol. The minimum Gasteiger partial charge on any atom is -0.394 e. The Bertz CT molecular complexity index is 607. The van der Waals surface area contributed by atoms with Crippen molar-refractivity contribution in [3.63, 3.8) is 0 Å². The van der Waals surface area contributed by atoms with Gasteiger partial charge in [-0.3, -0.25) is 4.68 Å². The van der Waals surface area contributed by atoms with E-state index in [4.69, 9.17) is 5.73 Å². The fourth-order valence-electron chi connectivity index (χ4n) is 1.86. The minimum absolute atomic E-state index is 0.234. The molecule has 102 valence electrons. The van der Waals surface area contributed by atoms with Crippen molar-refractivity contribution in [1.82, 2.24) is 9.78 Å². The van der Waals surface area contributed by atoms with E-state index in [1.165, 1.54) is 12.1 Å². The summed E-state index contributed by atoms with van der Waals surface area (Å²) in [6.07, 6.45) is 0. The largest absolute Gasteiger partial charge is 0.394 e. The number of aryl methyl sites for hydroxylation is 1. The van der Waals surface area contributed by atoms with E-state index in [9.17, 15) is 4.39 Å². The number of nitrogens with one attached hydrogen (secondary N) is 1. The van der Waals surface area contributed by atoms with Gasteiger partial charge in [-0.15, -0.1) is 0 Å². The highest BCUT2D eigenvalue weighted by Gasteiger charge is 2.16. The van der Waals surface area contributed by atoms with E-state index in [1.54, 1.807) is 17.8 Å². The second-order valence-electron chi connectivity index (χ2n) is 4.67. The summed E-state index contributed by atoms with van der Waals surface area (Å²) in [5.41, 5.74) is 8.12. The molecular weight excluding hydrogens is 311 g/mol. The normalized spacial score (nSPS) is 11.1. The molecule has 0 aliphatic carbocycles. The molecule has 0 aliphatic heterocycles. The molecule has 0 atom stereocenters. The highest BCUT2D eigenvalue weighted by Crippen LogP contribution is 2.32. The SMILES string of the molecule is CC(C)c1nn(C)c(Nc2cc(F)ccc2Br)c1N. The van der Waals surface area contributed by atoms with Crippen LogP contribution in [-0.4, -0.2) is 9.78 Å². The van der Waals surface area contributed by atoms with Gasteiger partial charge in [0.15, 0.2) is 5.82 Å². The summed E-state index contributed by atoms with van der Waals surface area (Å²) in [4.78, 5) is 0. The fraction of sp³-hybridized carbons (Fsp3) is 0.308. The Morgan fingerprint density at radius 2 is 2.11 bits per heavy atom. The first-order chi connectivity index (χ1) is 8.90. The van der Waals surface area contributed by atoms with Crippen molar-refractivity contribution in [3.8, 4) is 0 Å². The molecule has 0 radical (unpaired) electrons. The van der Waals surface area contributed by atoms with Gasteiger partial charge in [-0.2, -0.15) is 5.10 Å². The number of rotatable bonds is 3. The Kier molecular flexibility index (Phi) is 3.80. The first-order valence-corrected chi connectivity index (χ1v) is 6.74. The van der Waals surface area contributed by atoms with Crippen LogP contribution in [0.1, 0.15) is 25.5 Å². The predicted molar refractivity (Wildman–Crippen MR) is 79.1 cm³/mol. The summed E-state index contributed by atoms with van der Waals surface area (Å²) in [5.74, 6) is 0.586. The summed E-state index contributed by atoms with van der Waals surface area (Å²) in [7, 11) is 1.80. The van der Waals surface area contributed by atoms with E-state index in [1.807, 2.05) is 13.8 Å². The lowest BCUT2D eigenvalue weighted by atomic mass is 10.1. The Morgan fingerprint density at radius 1 is 1.42 bits per heavy atom. The van der Waals surface area contributed by atoms with E-state index >= 15 is 0 Å². The third-order valence-electron chi connectivity index (χ3n) is 2.84. The van der Waals surface area contributed by atoms with Gasteiger partial charge in [0.05, 0.1) is 17.1 Å². The highest BCUT2D eigenvalue weighted by molar-refractivity contribution is 9.10. The summed E-state index contributed by atoms with van der Waals surface area (Å²) in [6, 6.07) is 4.45. The zero-order valence-electron chi connectivity index (χ0n) is 11.0. The molecule has 0 saturated heterocycles. The lowest BCUT2D eigenvalue weighted by Gasteiger charge is -2.10. The number of nitrogens with two attached hydrogens (primary N) is 1. The summed E-state index contributed by atoms with van der Waals surface area (Å²) < 4.78 is 15.7. The van der Waals surface area contributed by atoms with Crippen LogP contribution in [0.4, 0.5) is 21.6 Å². The average Bonchev–Trinajstić information content (AvgIpc) is 2.62. The number of hydrogen-bond acceptors (Lipinski definition) is 3. The molecule has 6 heteroatoms. The number of halogens is 2. The molecule has 3 N–H and O–H groups in total. The van der Waals surface area contributed by atoms with Crippen LogP contribution in [0.5, 0.6) is 0 Å². The quantitative estimate of drug-likeness (QED) is 0.902. The van der Waals surface area contributed by atoms with Crippen LogP contribution in [0.2, 0.25) is 0 Å². The Balaban J connectivity index is 2.41. The topological polar surface area (TPSA) is 55.9 Å². The van der Waals surface area contributed by atoms with Gasteiger partial charge in [0.2, 0.25) is 0 Å². The van der Waals surface area contributed by atoms with Gasteiger partial charge < -0.3 is 11.1 Å². The second kappa shape index (κ2) is 5.21. The second-order valence-corrected chi connectivity index (χ2v) is 5.53. The molecule has 0 spiro atoms. The van der Waals surface area contributed by atoms with Crippen molar-refractivity contribution in [2.75, 3.05) is 11.1 Å². The molecule has 1 aromatic heterocycles. The van der Waals surface area contributed by atoms with Crippen molar-refractivity contribution in [2.45, 2.75) is 19.8 Å². The van der Waals surface area contributed by atoms with Gasteiger partial charge in [0.25, 0.3) is 0 Å². The van der Waals surface area contributed by atoms with E-state index < -0.39 is 0 Å². The van der Waals surface area contributed by atoms with Crippen molar-refractivity contribution in [1.29, 1.82) is 0 Å². The lowest BCUT2D eigenvalue weighted by molar-refractivity contribution is 0.628. The monoisotopic (exact) mass is 326 g/mol. The lowest BCUT2D eigenvalue weighted by Crippen LogP contribution is -2.02. The third kappa shape index (κ3) is 2.73. The predicted octanol–water partition coefficient (Wildman–Crippen LogP) is 3.77. The molecule has 0 fully saturated rings. The number of benzene rings is 1. The Morgan fingerprint density at radius 3 is 2.68 bits per heavy atom. The standard InChI is InChI=1S/C13H16BrFN4/c1-7(2)12-11(16)13(19(3)18-12)17-10-6-8(15)4-5-9(10)14/h4-7,17H,16H2,1-3H3. The molecular formula is C13H16BrFN4. The molecule has 0 bridgehead atoms. The van der Waals surface area contributed by atoms with Gasteiger partial charge in [-0.25, -0.2) is 4.39 Å². The van der Waals surface area contributed by atoms with Crippen LogP contribution >= 0.6 is 15.9 Å². The minimum atomic E-state index is -0.310. The van der Waals surface area contributed by atoms with Crippen LogP contribution in [0, 0.1) is 5.82 Å². The number of hydrogen-bond donors (Lipinski definition) is 2. The maximum atomic E-state index is 13.3. The first kappa shape index (κ1) is 13.9. The Hall–Kier alpha value is -1.56. The third-order valence-corrected chi connectivity index (χ3v) is 3.53. The van der Waals surface area contributed by atoms with Gasteiger partial charge in [-0.05, 0) is 40.0 Å². The van der Waals surface area contributed by atoms with Crippen molar-refractivity contribution in [2.24, 2.45) is 7.05 Å². The van der Waals surface area contributed by atoms with Crippen LogP contribution in [0.3, 0.4) is 0 Å². The smallest absolute Gasteiger partial charge is 0.152 e. The molecule has 4 nitrogen and oxygen atoms in total. The van der Waals surface area contributed by atoms with E-state index in [0.717, 1.165) is 10.2 Å². The molecule has 19 heavy (non-hydrogen) atoms. The molecule has 0 unspecified atom stereocenters. The number of nitrogens with zero attached hydrogens (tertiary/aromatic N) is 2. The zero-order chi connectivity index (χ0) is 14.2. The molecule has 2 aromatic rings. The van der Waals surface area contributed by atoms with E-state index in [2.05, 4.69) is 26.3 Å². The fourth-order valence-corrected chi connectivity index (χ4v) is 2.20. The molecule has 1 heterocycles. The molecule has 0 amide bonds. The van der Waals surface area contributed by atoms with E-state index in [0.29, 0.717) is 17.2 Å². The first-order valence-electron chi connectivity index (χ1n) is 5.94. The maximum absolute atomic E-state index is 13.3. The summed E-state index contributed by atoms with van der Waals surface area (Å²) in [5, 5.41) is 7.49. The molecule has 0 aliphatic rings. The molecule has 1 aromatic carbocycles. The van der Waals surface area contributed by atoms with Crippen molar-refractivity contribution >= 4 is 33.1 Å². The number of anilines is 3. The van der Waals surface area contributed by atoms with Crippen LogP contribution in [-0.2, 0) is 7.05 Å². The van der Waals surface area contributed by atoms with E-state index in [-0.39, 0.29) is 11.7 Å². The number of aromatic nitrogens is 2. The van der Waals surface area contributed by atoms with Crippen LogP contribution in [0.15, 0.2) is 22.7 Å². The van der Waals surface area contributed by atoms with Gasteiger partial charge in [0.1, 0.15) is 5.82 Å². The van der Waals surface area contributed by atoms with Crippen LogP contribution < -0.4 is 11.1 Å². The summed E-state index contributed by atoms with van der Waals surface area (Å²) >= 11 is 3.37. The zero-order valence-corrected chi connectivity index (χ0v) is 12.6. The van der Waals surface area contributed by atoms with Crippen molar-refractivity contribution < 1.29 is 4.39 Å². The van der Waals surface area contributed by atoms with Gasteiger partial charge in [-0.1, -0.05) is 13.8 Å². The number of nitrogen functional groups attached to an aromatic ring is 1. The van der Waals surface area contributed by atoms with Crippen LogP contribution in [0.25, 0.3) is 0 Å². The Labute approximate surface area is 119 Å². The molecule has 0 saturated carbocycles. The van der Waals surface area contributed by atoms with Crippen molar-refractivity contribution in [3.05, 3.63) is 34.2 Å². The summed E-state index contributed by atoms with van der Waals surface area (Å²) in [6.45, 7) is 4.06.